The van der Waals surface area contributed by atoms with Crippen LogP contribution in [0.5, 0.6) is 0 Å². The van der Waals surface area contributed by atoms with Crippen LogP contribution in [0.25, 0.3) is 5.69 Å². The summed E-state index contributed by atoms with van der Waals surface area (Å²) >= 11 is 0. The second kappa shape index (κ2) is 5.77. The van der Waals surface area contributed by atoms with Gasteiger partial charge in [-0.15, -0.1) is 0 Å². The fourth-order valence-corrected chi connectivity index (χ4v) is 2.03. The highest BCUT2D eigenvalue weighted by Gasteiger charge is 2.03. The summed E-state index contributed by atoms with van der Waals surface area (Å²) in [6.45, 7) is 4.13. The van der Waals surface area contributed by atoms with Crippen molar-refractivity contribution in [1.82, 2.24) is 4.57 Å². The first-order chi connectivity index (χ1) is 9.65. The first kappa shape index (κ1) is 13.5. The highest BCUT2D eigenvalue weighted by Crippen LogP contribution is 2.18. The summed E-state index contributed by atoms with van der Waals surface area (Å²) < 4.78 is 2.16. The number of aromatic nitrogens is 1. The summed E-state index contributed by atoms with van der Waals surface area (Å²) in [6.07, 6.45) is 1.40. The zero-order chi connectivity index (χ0) is 14.5. The Morgan fingerprint density at radius 1 is 1.00 bits per heavy atom. The van der Waals surface area contributed by atoms with Crippen LogP contribution in [0.2, 0.25) is 0 Å². The lowest BCUT2D eigenvalue weighted by Gasteiger charge is -2.10. The maximum absolute atomic E-state index is 8.65. The fraction of sp³-hybridized carbons (Fsp3) is 0.125. The van der Waals surface area contributed by atoms with Crippen LogP contribution in [-0.2, 0) is 0 Å². The Morgan fingerprint density at radius 2 is 1.55 bits per heavy atom. The molecule has 1 N–H and O–H groups in total. The van der Waals surface area contributed by atoms with Gasteiger partial charge < -0.3 is 9.88 Å². The molecule has 0 fully saturated rings. The van der Waals surface area contributed by atoms with Crippen LogP contribution >= 0.6 is 0 Å². The van der Waals surface area contributed by atoms with E-state index < -0.39 is 0 Å². The van der Waals surface area contributed by atoms with Gasteiger partial charge in [-0.3, -0.25) is 0 Å². The third-order valence-corrected chi connectivity index (χ3v) is 3.02. The van der Waals surface area contributed by atoms with Crippen LogP contribution in [0.1, 0.15) is 11.4 Å². The van der Waals surface area contributed by atoms with E-state index >= 15 is 0 Å². The quantitative estimate of drug-likeness (QED) is 0.862. The Hall–Kier alpha value is -2.98. The molecule has 20 heavy (non-hydrogen) atoms. The summed E-state index contributed by atoms with van der Waals surface area (Å²) in [5, 5.41) is 20.2. The molecule has 0 bridgehead atoms. The monoisotopic (exact) mass is 262 g/mol. The zero-order valence-electron chi connectivity index (χ0n) is 11.4. The van der Waals surface area contributed by atoms with Gasteiger partial charge in [0, 0.05) is 29.0 Å². The Bertz CT molecular complexity index is 686. The van der Waals surface area contributed by atoms with Crippen molar-refractivity contribution in [3.8, 4) is 17.8 Å². The van der Waals surface area contributed by atoms with E-state index in [1.165, 1.54) is 17.6 Å². The number of benzene rings is 1. The van der Waals surface area contributed by atoms with Gasteiger partial charge in [-0.05, 0) is 50.2 Å². The molecule has 0 spiro atoms. The van der Waals surface area contributed by atoms with Crippen LogP contribution < -0.4 is 5.32 Å². The molecule has 4 nitrogen and oxygen atoms in total. The molecule has 98 valence electrons. The minimum absolute atomic E-state index is 0.0474. The van der Waals surface area contributed by atoms with E-state index in [4.69, 9.17) is 10.5 Å². The number of allylic oxidation sites excluding steroid dienone is 1. The van der Waals surface area contributed by atoms with Gasteiger partial charge in [0.25, 0.3) is 0 Å². The molecular formula is C16H14N4. The predicted octanol–water partition coefficient (Wildman–Crippen LogP) is 3.44. The molecule has 1 heterocycles. The average Bonchev–Trinajstić information content (AvgIpc) is 2.80. The maximum Gasteiger partial charge on any atom is 0.145 e. The molecule has 1 aromatic carbocycles. The second-order valence-electron chi connectivity index (χ2n) is 4.42. The van der Waals surface area contributed by atoms with Crippen molar-refractivity contribution in [3.05, 3.63) is 59.6 Å². The molecule has 0 radical (unpaired) electrons. The van der Waals surface area contributed by atoms with Crippen molar-refractivity contribution in [2.24, 2.45) is 0 Å². The molecule has 0 aliphatic rings. The third kappa shape index (κ3) is 2.71. The first-order valence-electron chi connectivity index (χ1n) is 6.18. The Morgan fingerprint density at radius 3 is 2.05 bits per heavy atom. The number of nitrogens with zero attached hydrogens (tertiary/aromatic N) is 3. The lowest BCUT2D eigenvalue weighted by Crippen LogP contribution is -1.98. The molecule has 2 aromatic rings. The lowest BCUT2D eigenvalue weighted by atomic mass is 10.2. The molecule has 0 aliphatic heterocycles. The van der Waals surface area contributed by atoms with Crippen LogP contribution in [0.15, 0.2) is 48.2 Å². The Labute approximate surface area is 118 Å². The lowest BCUT2D eigenvalue weighted by molar-refractivity contribution is 0.966. The second-order valence-corrected chi connectivity index (χ2v) is 4.42. The van der Waals surface area contributed by atoms with E-state index in [1.807, 2.05) is 24.3 Å². The molecule has 2 rings (SSSR count). The molecule has 1 aromatic heterocycles. The first-order valence-corrected chi connectivity index (χ1v) is 6.18. The summed E-state index contributed by atoms with van der Waals surface area (Å²) in [6, 6.07) is 15.6. The maximum atomic E-state index is 8.65. The van der Waals surface area contributed by atoms with Gasteiger partial charge in [0.1, 0.15) is 17.7 Å². The Kier molecular flexibility index (Phi) is 3.88. The molecule has 0 unspecified atom stereocenters. The number of hydrogen-bond acceptors (Lipinski definition) is 3. The number of nitrogens with one attached hydrogen (secondary N) is 1. The molecule has 0 atom stereocenters. The van der Waals surface area contributed by atoms with Crippen molar-refractivity contribution < 1.29 is 0 Å². The third-order valence-electron chi connectivity index (χ3n) is 3.02. The minimum atomic E-state index is 0.0474. The topological polar surface area (TPSA) is 64.5 Å². The number of aryl methyl sites for hydroxylation is 2. The van der Waals surface area contributed by atoms with E-state index in [9.17, 15) is 0 Å². The molecule has 0 amide bonds. The summed E-state index contributed by atoms with van der Waals surface area (Å²) in [7, 11) is 0. The van der Waals surface area contributed by atoms with Crippen molar-refractivity contribution in [1.29, 1.82) is 10.5 Å². The molecule has 4 heteroatoms. The molecule has 0 aliphatic carbocycles. The summed E-state index contributed by atoms with van der Waals surface area (Å²) in [4.78, 5) is 0. The standard InChI is InChI=1S/C16H14N4/c1-12-3-4-13(2)20(12)16-7-5-15(6-8-16)19-11-14(9-17)10-18/h3-8,11,19H,1-2H3. The zero-order valence-corrected chi connectivity index (χ0v) is 11.4. The van der Waals surface area contributed by atoms with Gasteiger partial charge in [-0.1, -0.05) is 0 Å². The van der Waals surface area contributed by atoms with Crippen LogP contribution in [-0.4, -0.2) is 4.57 Å². The highest BCUT2D eigenvalue weighted by molar-refractivity contribution is 5.53. The van der Waals surface area contributed by atoms with Gasteiger partial charge in [-0.25, -0.2) is 0 Å². The number of anilines is 1. The van der Waals surface area contributed by atoms with Gasteiger partial charge in [0.05, 0.1) is 0 Å². The van der Waals surface area contributed by atoms with Crippen molar-refractivity contribution in [3.63, 3.8) is 0 Å². The van der Waals surface area contributed by atoms with E-state index in [1.54, 1.807) is 12.1 Å². The molecule has 0 saturated carbocycles. The van der Waals surface area contributed by atoms with E-state index in [0.717, 1.165) is 11.4 Å². The normalized spacial score (nSPS) is 9.40. The van der Waals surface area contributed by atoms with Crippen molar-refractivity contribution >= 4 is 5.69 Å². The number of rotatable bonds is 3. The number of nitriles is 2. The van der Waals surface area contributed by atoms with Crippen LogP contribution in [0.3, 0.4) is 0 Å². The summed E-state index contributed by atoms with van der Waals surface area (Å²) in [5.41, 5.74) is 4.32. The van der Waals surface area contributed by atoms with Gasteiger partial charge in [0.15, 0.2) is 0 Å². The van der Waals surface area contributed by atoms with Gasteiger partial charge in [-0.2, -0.15) is 10.5 Å². The summed E-state index contributed by atoms with van der Waals surface area (Å²) in [5.74, 6) is 0. The van der Waals surface area contributed by atoms with Crippen molar-refractivity contribution in [2.75, 3.05) is 5.32 Å². The predicted molar refractivity (Wildman–Crippen MR) is 78.2 cm³/mol. The average molecular weight is 262 g/mol. The number of hydrogen-bond donors (Lipinski definition) is 1. The Balaban J connectivity index is 2.22. The van der Waals surface area contributed by atoms with Crippen LogP contribution in [0, 0.1) is 36.5 Å². The van der Waals surface area contributed by atoms with E-state index in [-0.39, 0.29) is 5.57 Å². The fourth-order valence-electron chi connectivity index (χ4n) is 2.03. The molecule has 0 saturated heterocycles. The van der Waals surface area contributed by atoms with Gasteiger partial charge in [0.2, 0.25) is 0 Å². The van der Waals surface area contributed by atoms with Gasteiger partial charge >= 0.3 is 0 Å². The van der Waals surface area contributed by atoms with Crippen molar-refractivity contribution in [2.45, 2.75) is 13.8 Å². The smallest absolute Gasteiger partial charge is 0.145 e. The largest absolute Gasteiger partial charge is 0.360 e. The highest BCUT2D eigenvalue weighted by atomic mass is 15.0. The van der Waals surface area contributed by atoms with E-state index in [0.29, 0.717) is 0 Å². The van der Waals surface area contributed by atoms with E-state index in [2.05, 4.69) is 35.9 Å². The SMILES string of the molecule is Cc1ccc(C)n1-c1ccc(NC=C(C#N)C#N)cc1. The molecular weight excluding hydrogens is 248 g/mol. The minimum Gasteiger partial charge on any atom is -0.360 e. The van der Waals surface area contributed by atoms with Crippen LogP contribution in [0.4, 0.5) is 5.69 Å².